The molecule has 0 spiro atoms. The lowest BCUT2D eigenvalue weighted by molar-refractivity contribution is -0.116. The van der Waals surface area contributed by atoms with Crippen LogP contribution < -0.4 is 4.72 Å². The van der Waals surface area contributed by atoms with Gasteiger partial charge in [-0.15, -0.1) is 0 Å². The smallest absolute Gasteiger partial charge is 0.240 e. The van der Waals surface area contributed by atoms with Crippen molar-refractivity contribution in [1.29, 1.82) is 0 Å². The molecular formula is C12H17NO3S. The van der Waals surface area contributed by atoms with E-state index in [1.807, 2.05) is 13.8 Å². The van der Waals surface area contributed by atoms with E-state index in [1.54, 1.807) is 18.2 Å². The zero-order valence-electron chi connectivity index (χ0n) is 10.3. The molecule has 0 saturated carbocycles. The SMILES string of the molecule is CC(=O)CCNS(=O)(=O)c1ccc(C)c(C)c1. The molecule has 1 rings (SSSR count). The van der Waals surface area contributed by atoms with Crippen molar-refractivity contribution in [2.45, 2.75) is 32.1 Å². The van der Waals surface area contributed by atoms with Gasteiger partial charge in [0.15, 0.2) is 0 Å². The normalized spacial score (nSPS) is 11.5. The van der Waals surface area contributed by atoms with Gasteiger partial charge in [-0.25, -0.2) is 13.1 Å². The van der Waals surface area contributed by atoms with Gasteiger partial charge in [-0.1, -0.05) is 6.07 Å². The van der Waals surface area contributed by atoms with Gasteiger partial charge in [-0.2, -0.15) is 0 Å². The highest BCUT2D eigenvalue weighted by molar-refractivity contribution is 7.89. The van der Waals surface area contributed by atoms with E-state index in [4.69, 9.17) is 0 Å². The molecule has 94 valence electrons. The van der Waals surface area contributed by atoms with Gasteiger partial charge in [0, 0.05) is 13.0 Å². The number of hydrogen-bond donors (Lipinski definition) is 1. The number of rotatable bonds is 5. The van der Waals surface area contributed by atoms with Crippen molar-refractivity contribution in [1.82, 2.24) is 4.72 Å². The van der Waals surface area contributed by atoms with Gasteiger partial charge in [0.05, 0.1) is 4.90 Å². The molecule has 5 heteroatoms. The van der Waals surface area contributed by atoms with Crippen molar-refractivity contribution in [3.63, 3.8) is 0 Å². The lowest BCUT2D eigenvalue weighted by Crippen LogP contribution is -2.26. The number of benzene rings is 1. The lowest BCUT2D eigenvalue weighted by atomic mass is 10.1. The second-order valence-corrected chi connectivity index (χ2v) is 5.86. The molecule has 1 N–H and O–H groups in total. The zero-order valence-corrected chi connectivity index (χ0v) is 11.1. The fraction of sp³-hybridized carbons (Fsp3) is 0.417. The van der Waals surface area contributed by atoms with Gasteiger partial charge in [-0.05, 0) is 44.0 Å². The van der Waals surface area contributed by atoms with Crippen LogP contribution in [-0.4, -0.2) is 20.7 Å². The Hall–Kier alpha value is -1.20. The maximum absolute atomic E-state index is 11.9. The Balaban J connectivity index is 2.82. The standard InChI is InChI=1S/C12H17NO3S/c1-9-4-5-12(8-10(9)2)17(15,16)13-7-6-11(3)14/h4-5,8,13H,6-7H2,1-3H3. The topological polar surface area (TPSA) is 63.2 Å². The van der Waals surface area contributed by atoms with Crippen LogP contribution in [0, 0.1) is 13.8 Å². The molecule has 0 atom stereocenters. The number of carbonyl (C=O) groups excluding carboxylic acids is 1. The number of hydrogen-bond acceptors (Lipinski definition) is 3. The number of nitrogens with one attached hydrogen (secondary N) is 1. The summed E-state index contributed by atoms with van der Waals surface area (Å²) in [5, 5.41) is 0. The molecule has 1 aromatic carbocycles. The maximum Gasteiger partial charge on any atom is 0.240 e. The summed E-state index contributed by atoms with van der Waals surface area (Å²) in [6.07, 6.45) is 0.212. The minimum atomic E-state index is -3.50. The summed E-state index contributed by atoms with van der Waals surface area (Å²) >= 11 is 0. The van der Waals surface area contributed by atoms with Crippen LogP contribution in [-0.2, 0) is 14.8 Å². The molecule has 0 radical (unpaired) electrons. The number of carbonyl (C=O) groups is 1. The Morgan fingerprint density at radius 2 is 1.88 bits per heavy atom. The third-order valence-corrected chi connectivity index (χ3v) is 4.02. The van der Waals surface area contributed by atoms with E-state index in [0.717, 1.165) is 11.1 Å². The molecule has 0 bridgehead atoms. The molecular weight excluding hydrogens is 238 g/mol. The first-order valence-electron chi connectivity index (χ1n) is 5.39. The predicted molar refractivity (Wildman–Crippen MR) is 66.4 cm³/mol. The third kappa shape index (κ3) is 3.94. The predicted octanol–water partition coefficient (Wildman–Crippen LogP) is 1.56. The fourth-order valence-electron chi connectivity index (χ4n) is 1.33. The average Bonchev–Trinajstić information content (AvgIpc) is 2.21. The highest BCUT2D eigenvalue weighted by Crippen LogP contribution is 2.14. The van der Waals surface area contributed by atoms with E-state index >= 15 is 0 Å². The van der Waals surface area contributed by atoms with Crippen molar-refractivity contribution in [3.05, 3.63) is 29.3 Å². The summed E-state index contributed by atoms with van der Waals surface area (Å²) in [5.41, 5.74) is 1.98. The van der Waals surface area contributed by atoms with E-state index in [9.17, 15) is 13.2 Å². The minimum Gasteiger partial charge on any atom is -0.300 e. The molecule has 0 aromatic heterocycles. The molecule has 17 heavy (non-hydrogen) atoms. The van der Waals surface area contributed by atoms with Crippen LogP contribution in [0.2, 0.25) is 0 Å². The summed E-state index contributed by atoms with van der Waals surface area (Å²) < 4.78 is 26.1. The van der Waals surface area contributed by atoms with Crippen molar-refractivity contribution in [2.24, 2.45) is 0 Å². The summed E-state index contributed by atoms with van der Waals surface area (Å²) in [4.78, 5) is 11.0. The molecule has 0 unspecified atom stereocenters. The number of aryl methyl sites for hydroxylation is 2. The Bertz CT molecular complexity index is 521. The largest absolute Gasteiger partial charge is 0.300 e. The van der Waals surface area contributed by atoms with E-state index in [2.05, 4.69) is 4.72 Å². The fourth-order valence-corrected chi connectivity index (χ4v) is 2.44. The first kappa shape index (κ1) is 13.9. The zero-order chi connectivity index (χ0) is 13.1. The van der Waals surface area contributed by atoms with Crippen molar-refractivity contribution in [2.75, 3.05) is 6.54 Å². The number of Topliss-reactive ketones (excluding diaryl/α,β-unsaturated/α-hetero) is 1. The second kappa shape index (κ2) is 5.42. The molecule has 0 amide bonds. The monoisotopic (exact) mass is 255 g/mol. The Labute approximate surface area is 102 Å². The van der Waals surface area contributed by atoms with Gasteiger partial charge in [-0.3, -0.25) is 4.79 Å². The summed E-state index contributed by atoms with van der Waals surface area (Å²) in [6.45, 7) is 5.37. The van der Waals surface area contributed by atoms with Gasteiger partial charge in [0.1, 0.15) is 5.78 Å². The van der Waals surface area contributed by atoms with E-state index in [-0.39, 0.29) is 23.6 Å². The molecule has 1 aromatic rings. The summed E-state index contributed by atoms with van der Waals surface area (Å²) in [7, 11) is -3.50. The highest BCUT2D eigenvalue weighted by Gasteiger charge is 2.13. The number of ketones is 1. The van der Waals surface area contributed by atoms with Gasteiger partial charge in [0.25, 0.3) is 0 Å². The van der Waals surface area contributed by atoms with Gasteiger partial charge < -0.3 is 0 Å². The van der Waals surface area contributed by atoms with E-state index in [1.165, 1.54) is 6.92 Å². The van der Waals surface area contributed by atoms with Crippen LogP contribution in [0.5, 0.6) is 0 Å². The van der Waals surface area contributed by atoms with E-state index < -0.39 is 10.0 Å². The maximum atomic E-state index is 11.9. The first-order valence-corrected chi connectivity index (χ1v) is 6.87. The van der Waals surface area contributed by atoms with Crippen LogP contribution in [0.15, 0.2) is 23.1 Å². The van der Waals surface area contributed by atoms with Crippen LogP contribution in [0.25, 0.3) is 0 Å². The molecule has 0 aliphatic carbocycles. The van der Waals surface area contributed by atoms with Crippen molar-refractivity contribution < 1.29 is 13.2 Å². The molecule has 0 fully saturated rings. The lowest BCUT2D eigenvalue weighted by Gasteiger charge is -2.07. The van der Waals surface area contributed by atoms with Gasteiger partial charge >= 0.3 is 0 Å². The van der Waals surface area contributed by atoms with Crippen LogP contribution in [0.3, 0.4) is 0 Å². The highest BCUT2D eigenvalue weighted by atomic mass is 32.2. The molecule has 0 heterocycles. The summed E-state index contributed by atoms with van der Waals surface area (Å²) in [5.74, 6) is -0.0345. The Morgan fingerprint density at radius 1 is 1.24 bits per heavy atom. The first-order chi connectivity index (χ1) is 7.83. The average molecular weight is 255 g/mol. The molecule has 4 nitrogen and oxygen atoms in total. The molecule has 0 aliphatic rings. The minimum absolute atomic E-state index is 0.0345. The summed E-state index contributed by atoms with van der Waals surface area (Å²) in [6, 6.07) is 4.97. The second-order valence-electron chi connectivity index (χ2n) is 4.10. The van der Waals surface area contributed by atoms with Gasteiger partial charge in [0.2, 0.25) is 10.0 Å². The number of sulfonamides is 1. The van der Waals surface area contributed by atoms with Crippen LogP contribution in [0.4, 0.5) is 0 Å². The Kier molecular flexibility index (Phi) is 4.42. The quantitative estimate of drug-likeness (QED) is 0.868. The van der Waals surface area contributed by atoms with Crippen molar-refractivity contribution in [3.8, 4) is 0 Å². The van der Waals surface area contributed by atoms with Crippen molar-refractivity contribution >= 4 is 15.8 Å². The third-order valence-electron chi connectivity index (χ3n) is 2.56. The Morgan fingerprint density at radius 3 is 2.41 bits per heavy atom. The molecule has 0 saturated heterocycles. The van der Waals surface area contributed by atoms with Crippen LogP contribution >= 0.6 is 0 Å². The van der Waals surface area contributed by atoms with E-state index in [0.29, 0.717) is 0 Å². The molecule has 0 aliphatic heterocycles. The van der Waals surface area contributed by atoms with Crippen LogP contribution in [0.1, 0.15) is 24.5 Å².